The molecule has 1 aliphatic rings. The maximum atomic E-state index is 13.0. The van der Waals surface area contributed by atoms with Gasteiger partial charge in [-0.3, -0.25) is 9.58 Å². The average molecular weight is 338 g/mol. The number of halogens is 1. The third-order valence-electron chi connectivity index (χ3n) is 4.33. The molecule has 3 heterocycles. The quantitative estimate of drug-likeness (QED) is 0.730. The molecular formula is C18H19FN6. The van der Waals surface area contributed by atoms with E-state index in [0.717, 1.165) is 50.1 Å². The second-order valence-electron chi connectivity index (χ2n) is 6.04. The molecule has 0 aliphatic carbocycles. The molecule has 25 heavy (non-hydrogen) atoms. The molecule has 0 bridgehead atoms. The van der Waals surface area contributed by atoms with Crippen LogP contribution in [0.1, 0.15) is 0 Å². The molecule has 4 rings (SSSR count). The zero-order chi connectivity index (χ0) is 17.1. The molecule has 1 fully saturated rings. The first-order valence-corrected chi connectivity index (χ1v) is 8.32. The van der Waals surface area contributed by atoms with Crippen LogP contribution >= 0.6 is 0 Å². The fourth-order valence-electron chi connectivity index (χ4n) is 2.96. The van der Waals surface area contributed by atoms with Gasteiger partial charge in [0.1, 0.15) is 5.82 Å². The van der Waals surface area contributed by atoms with E-state index in [-0.39, 0.29) is 5.82 Å². The van der Waals surface area contributed by atoms with Crippen LogP contribution in [0.25, 0.3) is 11.3 Å². The van der Waals surface area contributed by atoms with Crippen molar-refractivity contribution in [2.75, 3.05) is 31.1 Å². The van der Waals surface area contributed by atoms with Gasteiger partial charge in [0.2, 0.25) is 5.95 Å². The second kappa shape index (κ2) is 6.98. The van der Waals surface area contributed by atoms with Crippen LogP contribution in [-0.4, -0.2) is 50.8 Å². The normalized spacial score (nSPS) is 15.5. The Morgan fingerprint density at radius 1 is 0.920 bits per heavy atom. The predicted octanol–water partition coefficient (Wildman–Crippen LogP) is 2.26. The van der Waals surface area contributed by atoms with Crippen LogP contribution in [-0.2, 0) is 6.67 Å². The van der Waals surface area contributed by atoms with Crippen molar-refractivity contribution in [3.8, 4) is 11.3 Å². The van der Waals surface area contributed by atoms with E-state index in [4.69, 9.17) is 0 Å². The molecule has 7 heteroatoms. The molecule has 1 saturated heterocycles. The summed E-state index contributed by atoms with van der Waals surface area (Å²) in [6.45, 7) is 4.41. The number of hydrogen-bond acceptors (Lipinski definition) is 5. The van der Waals surface area contributed by atoms with Crippen molar-refractivity contribution < 1.29 is 4.39 Å². The number of rotatable bonds is 4. The maximum Gasteiger partial charge on any atom is 0.225 e. The van der Waals surface area contributed by atoms with Gasteiger partial charge >= 0.3 is 0 Å². The van der Waals surface area contributed by atoms with Crippen molar-refractivity contribution in [3.63, 3.8) is 0 Å². The Morgan fingerprint density at radius 3 is 2.36 bits per heavy atom. The number of aromatic nitrogens is 4. The van der Waals surface area contributed by atoms with Gasteiger partial charge in [0.25, 0.3) is 0 Å². The standard InChI is InChI=1S/C18H19FN6/c19-16-4-2-15(3-5-16)17-6-9-25(22-17)14-23-10-12-24(13-11-23)18-20-7-1-8-21-18/h1-9H,10-14H2. The Bertz CT molecular complexity index is 809. The summed E-state index contributed by atoms with van der Waals surface area (Å²) in [6.07, 6.45) is 5.51. The average Bonchev–Trinajstić information content (AvgIpc) is 3.12. The molecule has 2 aromatic heterocycles. The Hall–Kier alpha value is -2.80. The van der Waals surface area contributed by atoms with Gasteiger partial charge in [-0.2, -0.15) is 5.10 Å². The molecule has 6 nitrogen and oxygen atoms in total. The minimum atomic E-state index is -0.233. The number of hydrogen-bond donors (Lipinski definition) is 0. The lowest BCUT2D eigenvalue weighted by Crippen LogP contribution is -2.47. The van der Waals surface area contributed by atoms with E-state index < -0.39 is 0 Å². The number of benzene rings is 1. The third-order valence-corrected chi connectivity index (χ3v) is 4.33. The molecule has 1 aromatic carbocycles. The Labute approximate surface area is 145 Å². The molecule has 0 amide bonds. The van der Waals surface area contributed by atoms with Gasteiger partial charge in [-0.1, -0.05) is 0 Å². The van der Waals surface area contributed by atoms with Crippen molar-refractivity contribution in [3.05, 3.63) is 60.8 Å². The lowest BCUT2D eigenvalue weighted by Gasteiger charge is -2.34. The molecular weight excluding hydrogens is 319 g/mol. The van der Waals surface area contributed by atoms with Crippen LogP contribution in [0, 0.1) is 5.82 Å². The highest BCUT2D eigenvalue weighted by Crippen LogP contribution is 2.17. The van der Waals surface area contributed by atoms with Crippen LogP contribution in [0.5, 0.6) is 0 Å². The first-order valence-electron chi connectivity index (χ1n) is 8.32. The zero-order valence-electron chi connectivity index (χ0n) is 13.8. The van der Waals surface area contributed by atoms with Crippen molar-refractivity contribution >= 4 is 5.95 Å². The summed E-state index contributed by atoms with van der Waals surface area (Å²) in [7, 11) is 0. The highest BCUT2D eigenvalue weighted by Gasteiger charge is 2.19. The summed E-state index contributed by atoms with van der Waals surface area (Å²) in [5.74, 6) is 0.559. The van der Waals surface area contributed by atoms with Crippen LogP contribution in [0.3, 0.4) is 0 Å². The monoisotopic (exact) mass is 338 g/mol. The summed E-state index contributed by atoms with van der Waals surface area (Å²) >= 11 is 0. The number of nitrogens with zero attached hydrogens (tertiary/aromatic N) is 6. The van der Waals surface area contributed by atoms with Gasteiger partial charge in [-0.25, -0.2) is 14.4 Å². The minimum absolute atomic E-state index is 0.233. The maximum absolute atomic E-state index is 13.0. The van der Waals surface area contributed by atoms with Gasteiger partial charge < -0.3 is 4.90 Å². The van der Waals surface area contributed by atoms with Gasteiger partial charge in [0.05, 0.1) is 12.4 Å². The largest absolute Gasteiger partial charge is 0.338 e. The number of anilines is 1. The summed E-state index contributed by atoms with van der Waals surface area (Å²) in [5, 5.41) is 4.60. The van der Waals surface area contributed by atoms with Gasteiger partial charge in [-0.15, -0.1) is 0 Å². The first-order chi connectivity index (χ1) is 12.3. The lowest BCUT2D eigenvalue weighted by atomic mass is 10.1. The smallest absolute Gasteiger partial charge is 0.225 e. The van der Waals surface area contributed by atoms with E-state index in [0.29, 0.717) is 0 Å². The first kappa shape index (κ1) is 15.7. The fraction of sp³-hybridized carbons (Fsp3) is 0.278. The molecule has 0 spiro atoms. The summed E-state index contributed by atoms with van der Waals surface area (Å²) < 4.78 is 14.9. The van der Waals surface area contributed by atoms with Crippen molar-refractivity contribution in [1.82, 2.24) is 24.6 Å². The molecule has 0 saturated carbocycles. The molecule has 0 unspecified atom stereocenters. The fourth-order valence-corrected chi connectivity index (χ4v) is 2.96. The van der Waals surface area contributed by atoms with Crippen molar-refractivity contribution in [2.45, 2.75) is 6.67 Å². The topological polar surface area (TPSA) is 50.1 Å². The van der Waals surface area contributed by atoms with Gasteiger partial charge in [0.15, 0.2) is 0 Å². The van der Waals surface area contributed by atoms with Crippen LogP contribution < -0.4 is 4.90 Å². The lowest BCUT2D eigenvalue weighted by molar-refractivity contribution is 0.195. The van der Waals surface area contributed by atoms with E-state index in [2.05, 4.69) is 24.9 Å². The zero-order valence-corrected chi connectivity index (χ0v) is 13.8. The van der Waals surface area contributed by atoms with E-state index in [1.807, 2.05) is 23.0 Å². The van der Waals surface area contributed by atoms with E-state index in [9.17, 15) is 4.39 Å². The highest BCUT2D eigenvalue weighted by molar-refractivity contribution is 5.58. The Balaban J connectivity index is 1.35. The molecule has 0 N–H and O–H groups in total. The second-order valence-corrected chi connectivity index (χ2v) is 6.04. The van der Waals surface area contributed by atoms with Crippen molar-refractivity contribution in [2.24, 2.45) is 0 Å². The highest BCUT2D eigenvalue weighted by atomic mass is 19.1. The number of piperazine rings is 1. The summed E-state index contributed by atoms with van der Waals surface area (Å²) in [4.78, 5) is 13.2. The molecule has 0 radical (unpaired) electrons. The Morgan fingerprint density at radius 2 is 1.64 bits per heavy atom. The van der Waals surface area contributed by atoms with Crippen LogP contribution in [0.2, 0.25) is 0 Å². The molecule has 128 valence electrons. The van der Waals surface area contributed by atoms with E-state index >= 15 is 0 Å². The molecule has 3 aromatic rings. The Kier molecular flexibility index (Phi) is 4.39. The molecule has 0 atom stereocenters. The van der Waals surface area contributed by atoms with Crippen LogP contribution in [0.15, 0.2) is 55.0 Å². The SMILES string of the molecule is Fc1ccc(-c2ccn(CN3CCN(c4ncccn4)CC3)n2)cc1. The molecule has 1 aliphatic heterocycles. The van der Waals surface area contributed by atoms with Crippen LogP contribution in [0.4, 0.5) is 10.3 Å². The predicted molar refractivity (Wildman–Crippen MR) is 93.4 cm³/mol. The third kappa shape index (κ3) is 3.66. The van der Waals surface area contributed by atoms with Gasteiger partial charge in [-0.05, 0) is 36.4 Å². The van der Waals surface area contributed by atoms with Crippen molar-refractivity contribution in [1.29, 1.82) is 0 Å². The minimum Gasteiger partial charge on any atom is -0.338 e. The summed E-state index contributed by atoms with van der Waals surface area (Å²) in [5.41, 5.74) is 1.78. The van der Waals surface area contributed by atoms with E-state index in [1.54, 1.807) is 24.5 Å². The van der Waals surface area contributed by atoms with E-state index in [1.165, 1.54) is 12.1 Å². The summed E-state index contributed by atoms with van der Waals surface area (Å²) in [6, 6.07) is 10.2. The van der Waals surface area contributed by atoms with Gasteiger partial charge in [0, 0.05) is 50.3 Å².